The van der Waals surface area contributed by atoms with Gasteiger partial charge in [0.2, 0.25) is 17.7 Å². The minimum absolute atomic E-state index is 0.115. The number of para-hydroxylation sites is 3. The molecular weight excluding hydrogens is 863 g/mol. The van der Waals surface area contributed by atoms with E-state index in [0.717, 1.165) is 72.3 Å². The van der Waals surface area contributed by atoms with Gasteiger partial charge in [-0.1, -0.05) is 117 Å². The number of aromatic amines is 2. The lowest BCUT2D eigenvalue weighted by atomic mass is 9.94. The first kappa shape index (κ1) is 45.5. The first-order valence-corrected chi connectivity index (χ1v) is 23.7. The Balaban J connectivity index is 1.44. The Morgan fingerprint density at radius 1 is 0.426 bits per heavy atom. The number of nitrogens with one attached hydrogen (secondary N) is 5. The van der Waals surface area contributed by atoms with E-state index in [9.17, 15) is 14.4 Å². The van der Waals surface area contributed by atoms with Gasteiger partial charge in [-0.3, -0.25) is 14.4 Å². The Labute approximate surface area is 400 Å². The van der Waals surface area contributed by atoms with Crippen LogP contribution in [0.4, 0.5) is 17.1 Å². The number of hydrogen-bond acceptors (Lipinski definition) is 6. The molecule has 4 aromatic heterocycles. The Morgan fingerprint density at radius 3 is 1.04 bits per heavy atom. The summed E-state index contributed by atoms with van der Waals surface area (Å²) in [6, 6.07) is 33.7. The number of rotatable bonds is 7. The van der Waals surface area contributed by atoms with Crippen LogP contribution in [0, 0.1) is 16.2 Å². The van der Waals surface area contributed by atoms with Crippen LogP contribution in [-0.2, 0) is 14.4 Å². The number of carbonyl (C=O) groups is 3. The summed E-state index contributed by atoms with van der Waals surface area (Å²) >= 11 is 1.61. The van der Waals surface area contributed by atoms with Gasteiger partial charge in [0.1, 0.15) is 0 Å². The third kappa shape index (κ3) is 8.97. The van der Waals surface area contributed by atoms with Gasteiger partial charge >= 0.3 is 0 Å². The van der Waals surface area contributed by atoms with Crippen LogP contribution < -0.4 is 16.0 Å². The fourth-order valence-corrected chi connectivity index (χ4v) is 8.77. The quantitative estimate of drug-likeness (QED) is 0.108. The van der Waals surface area contributed by atoms with Gasteiger partial charge in [-0.25, -0.2) is 9.97 Å². The number of H-pyrrole nitrogens is 2. The fraction of sp³-hybridized carbons (Fsp3) is 0.211. The lowest BCUT2D eigenvalue weighted by Gasteiger charge is -2.20. The molecule has 0 saturated carbocycles. The molecule has 2 aliphatic rings. The van der Waals surface area contributed by atoms with Crippen LogP contribution in [0.3, 0.4) is 0 Å². The predicted octanol–water partition coefficient (Wildman–Crippen LogP) is 14.3. The zero-order valence-corrected chi connectivity index (χ0v) is 40.6. The van der Waals surface area contributed by atoms with Gasteiger partial charge < -0.3 is 25.9 Å². The van der Waals surface area contributed by atoms with Crippen LogP contribution >= 0.6 is 11.3 Å². The van der Waals surface area contributed by atoms with E-state index in [1.165, 1.54) is 0 Å². The maximum atomic E-state index is 13.7. The third-order valence-electron chi connectivity index (χ3n) is 11.9. The zero-order valence-electron chi connectivity index (χ0n) is 39.8. The van der Waals surface area contributed by atoms with Crippen LogP contribution in [0.2, 0.25) is 0 Å². The summed E-state index contributed by atoms with van der Waals surface area (Å²) in [5, 5.41) is 13.8. The minimum atomic E-state index is -0.663. The molecule has 0 radical (unpaired) electrons. The Morgan fingerprint density at radius 2 is 0.735 bits per heavy atom. The molecule has 8 bridgehead atoms. The molecule has 3 aromatic carbocycles. The van der Waals surface area contributed by atoms with Crippen molar-refractivity contribution in [1.29, 1.82) is 0 Å². The Hall–Kier alpha value is -7.63. The van der Waals surface area contributed by atoms with Gasteiger partial charge in [0.25, 0.3) is 0 Å². The second kappa shape index (κ2) is 17.5. The SMILES string of the molecule is CC(C)(C)C(=O)Nc1ccccc1-c1c2nc(c(-c3ccccc3NC(=O)C(C)(C)C)c3ccc([nH]3)c(-c3ccccc3NC(=O)C(C)(C)C)c3nc(c(-c4ccsc4)c4ccc1[nH]4)C=C3)C=C2. The second-order valence-electron chi connectivity index (χ2n) is 20.3. The molecule has 3 amide bonds. The molecule has 0 aliphatic carbocycles. The van der Waals surface area contributed by atoms with Crippen LogP contribution in [0.25, 0.3) is 90.9 Å². The van der Waals surface area contributed by atoms with E-state index < -0.39 is 16.2 Å². The molecule has 2 aliphatic heterocycles. The number of benzene rings is 3. The smallest absolute Gasteiger partial charge is 0.229 e. The number of carbonyl (C=O) groups excluding carboxylic acids is 3. The topological polar surface area (TPSA) is 145 Å². The van der Waals surface area contributed by atoms with Crippen molar-refractivity contribution in [3.05, 3.63) is 137 Å². The van der Waals surface area contributed by atoms with Gasteiger partial charge in [0.05, 0.1) is 22.8 Å². The van der Waals surface area contributed by atoms with Crippen LogP contribution in [0.15, 0.2) is 114 Å². The number of thiophene rings is 1. The maximum absolute atomic E-state index is 13.7. The van der Waals surface area contributed by atoms with Crippen molar-refractivity contribution in [3.8, 4) is 44.5 Å². The number of amides is 3. The standard InChI is InChI=1S/C57H55N7O3S/c1-55(2,3)52(65)62-37-19-13-10-16-34(37)49-42-24-22-40(58-42)48(33-30-31-68-32-33)41-23-25-43(59-41)50(35-17-11-14-20-38(35)63-53(66)56(4,5)6)45-27-29-47(61-45)51(46-28-26-44(49)60-46)36-18-12-15-21-39(36)64-54(67)57(7,8)9/h10-32,58,61H,1-9H3,(H,62,65)(H,63,66)(H,64,67). The lowest BCUT2D eigenvalue weighted by molar-refractivity contribution is -0.123. The molecule has 6 heterocycles. The first-order chi connectivity index (χ1) is 32.3. The Bertz CT molecular complexity index is 3320. The van der Waals surface area contributed by atoms with Gasteiger partial charge in [-0.2, -0.15) is 11.3 Å². The minimum Gasteiger partial charge on any atom is -0.354 e. The summed E-state index contributed by atoms with van der Waals surface area (Å²) in [5.74, 6) is -0.359. The molecule has 0 atom stereocenters. The molecule has 68 heavy (non-hydrogen) atoms. The largest absolute Gasteiger partial charge is 0.354 e. The maximum Gasteiger partial charge on any atom is 0.229 e. The number of aromatic nitrogens is 4. The first-order valence-electron chi connectivity index (χ1n) is 22.8. The van der Waals surface area contributed by atoms with Crippen molar-refractivity contribution < 1.29 is 14.4 Å². The van der Waals surface area contributed by atoms with E-state index in [1.54, 1.807) is 11.3 Å². The highest BCUT2D eigenvalue weighted by Crippen LogP contribution is 2.43. The van der Waals surface area contributed by atoms with Crippen molar-refractivity contribution in [3.63, 3.8) is 0 Å². The number of hydrogen-bond donors (Lipinski definition) is 5. The van der Waals surface area contributed by atoms with E-state index in [2.05, 4.69) is 54.9 Å². The molecule has 7 aromatic rings. The molecule has 0 saturated heterocycles. The zero-order chi connectivity index (χ0) is 48.1. The van der Waals surface area contributed by atoms with E-state index in [-0.39, 0.29) is 17.7 Å². The second-order valence-corrected chi connectivity index (χ2v) is 21.0. The number of nitrogens with zero attached hydrogens (tertiary/aromatic N) is 2. The van der Waals surface area contributed by atoms with E-state index in [1.807, 2.05) is 172 Å². The highest BCUT2D eigenvalue weighted by atomic mass is 32.1. The van der Waals surface area contributed by atoms with Crippen molar-refractivity contribution >= 4 is 92.5 Å². The lowest BCUT2D eigenvalue weighted by Crippen LogP contribution is -2.27. The number of fused-ring (bicyclic) bond motifs is 8. The molecule has 10 nitrogen and oxygen atoms in total. The molecule has 0 unspecified atom stereocenters. The fourth-order valence-electron chi connectivity index (χ4n) is 8.13. The molecule has 11 heteroatoms. The van der Waals surface area contributed by atoms with E-state index in [0.29, 0.717) is 34.1 Å². The average Bonchev–Trinajstić information content (AvgIpc) is 4.15. The van der Waals surface area contributed by atoms with Gasteiger partial charge in [0.15, 0.2) is 0 Å². The van der Waals surface area contributed by atoms with Gasteiger partial charge in [0, 0.05) is 94.3 Å². The summed E-state index contributed by atoms with van der Waals surface area (Å²) in [7, 11) is 0. The monoisotopic (exact) mass is 917 g/mol. The number of anilines is 3. The van der Waals surface area contributed by atoms with Crippen LogP contribution in [0.5, 0.6) is 0 Å². The summed E-state index contributed by atoms with van der Waals surface area (Å²) in [5.41, 5.74) is 12.4. The van der Waals surface area contributed by atoms with Crippen molar-refractivity contribution in [2.45, 2.75) is 62.3 Å². The molecule has 0 spiro atoms. The molecule has 0 fully saturated rings. The Kier molecular flexibility index (Phi) is 11.7. The highest BCUT2D eigenvalue weighted by Gasteiger charge is 2.27. The predicted molar refractivity (Wildman–Crippen MR) is 283 cm³/mol. The normalized spacial score (nSPS) is 12.5. The van der Waals surface area contributed by atoms with Crippen molar-refractivity contribution in [2.75, 3.05) is 16.0 Å². The molecule has 9 rings (SSSR count). The summed E-state index contributed by atoms with van der Waals surface area (Å²) < 4.78 is 0. The average molecular weight is 918 g/mol. The summed E-state index contributed by atoms with van der Waals surface area (Å²) in [6.07, 6.45) is 8.08. The molecular formula is C57H55N7O3S. The van der Waals surface area contributed by atoms with Gasteiger partial charge in [-0.15, -0.1) is 0 Å². The van der Waals surface area contributed by atoms with Crippen LogP contribution in [-0.4, -0.2) is 37.7 Å². The van der Waals surface area contributed by atoms with E-state index in [4.69, 9.17) is 9.97 Å². The van der Waals surface area contributed by atoms with Gasteiger partial charge in [-0.05, 0) is 89.2 Å². The van der Waals surface area contributed by atoms with Crippen molar-refractivity contribution in [1.82, 2.24) is 19.9 Å². The molecule has 342 valence electrons. The van der Waals surface area contributed by atoms with E-state index >= 15 is 0 Å². The third-order valence-corrected chi connectivity index (χ3v) is 12.6. The van der Waals surface area contributed by atoms with Crippen LogP contribution in [0.1, 0.15) is 85.1 Å². The summed E-state index contributed by atoms with van der Waals surface area (Å²) in [4.78, 5) is 59.4. The highest BCUT2D eigenvalue weighted by molar-refractivity contribution is 7.08. The van der Waals surface area contributed by atoms with Crippen molar-refractivity contribution in [2.24, 2.45) is 16.2 Å². The summed E-state index contributed by atoms with van der Waals surface area (Å²) in [6.45, 7) is 17.0. The molecule has 5 N–H and O–H groups in total.